The molecule has 0 saturated heterocycles. The van der Waals surface area contributed by atoms with Gasteiger partial charge in [-0.1, -0.05) is 18.2 Å². The van der Waals surface area contributed by atoms with Gasteiger partial charge < -0.3 is 10.1 Å². The van der Waals surface area contributed by atoms with Gasteiger partial charge in [-0.2, -0.15) is 4.98 Å². The zero-order valence-corrected chi connectivity index (χ0v) is 17.3. The predicted molar refractivity (Wildman–Crippen MR) is 116 cm³/mol. The summed E-state index contributed by atoms with van der Waals surface area (Å²) in [6.07, 6.45) is 10.7. The zero-order valence-electron chi connectivity index (χ0n) is 16.5. The number of ether oxygens (including phenoxy) is 1. The van der Waals surface area contributed by atoms with Crippen molar-refractivity contribution in [1.82, 2.24) is 19.1 Å². The Morgan fingerprint density at radius 3 is 3.17 bits per heavy atom. The number of fused-ring (bicyclic) bond motifs is 2. The molecule has 2 atom stereocenters. The molecule has 0 aliphatic heterocycles. The molecule has 3 aromatic rings. The largest absolute Gasteiger partial charge is 0.501 e. The Morgan fingerprint density at radius 1 is 1.48 bits per heavy atom. The van der Waals surface area contributed by atoms with Crippen molar-refractivity contribution in [1.29, 1.82) is 0 Å². The van der Waals surface area contributed by atoms with E-state index < -0.39 is 5.54 Å². The third-order valence-electron chi connectivity index (χ3n) is 5.84. The minimum atomic E-state index is -0.405. The van der Waals surface area contributed by atoms with Crippen LogP contribution in [0.1, 0.15) is 19.1 Å². The van der Waals surface area contributed by atoms with E-state index in [1.54, 1.807) is 36.3 Å². The maximum absolute atomic E-state index is 13.2. The Balaban J connectivity index is 0.00000218. The van der Waals surface area contributed by atoms with Gasteiger partial charge in [-0.15, -0.1) is 11.3 Å². The van der Waals surface area contributed by atoms with Crippen LogP contribution < -0.4 is 11.0 Å². The van der Waals surface area contributed by atoms with E-state index in [1.165, 1.54) is 4.88 Å². The van der Waals surface area contributed by atoms with E-state index in [4.69, 9.17) is 9.72 Å². The van der Waals surface area contributed by atoms with Gasteiger partial charge in [0.15, 0.2) is 5.65 Å². The van der Waals surface area contributed by atoms with Crippen molar-refractivity contribution in [3.05, 3.63) is 63.1 Å². The molecular weight excluding hydrogens is 386 g/mol. The number of hydrogen-bond acceptors (Lipinski definition) is 6. The normalized spacial score (nSPS) is 22.8. The molecule has 0 aromatic carbocycles. The Bertz CT molecular complexity index is 1180. The van der Waals surface area contributed by atoms with Crippen LogP contribution in [0.2, 0.25) is 0 Å². The predicted octanol–water partition coefficient (Wildman–Crippen LogP) is 3.30. The van der Waals surface area contributed by atoms with E-state index in [0.717, 1.165) is 37.1 Å². The minimum absolute atomic E-state index is 0. The molecule has 2 unspecified atom stereocenters. The van der Waals surface area contributed by atoms with Gasteiger partial charge in [0.25, 0.3) is 0 Å². The lowest BCUT2D eigenvalue weighted by Crippen LogP contribution is -2.31. The number of anilines is 1. The number of methoxy groups -OCH3 is 1. The van der Waals surface area contributed by atoms with E-state index in [0.29, 0.717) is 11.6 Å². The minimum Gasteiger partial charge on any atom is -0.501 e. The number of nitrogens with one attached hydrogen (secondary N) is 1. The summed E-state index contributed by atoms with van der Waals surface area (Å²) in [7, 11) is 3.45. The van der Waals surface area contributed by atoms with Crippen molar-refractivity contribution in [3.63, 3.8) is 0 Å². The van der Waals surface area contributed by atoms with Crippen molar-refractivity contribution in [2.75, 3.05) is 19.0 Å². The van der Waals surface area contributed by atoms with Crippen LogP contribution in [0.25, 0.3) is 11.2 Å². The summed E-state index contributed by atoms with van der Waals surface area (Å²) in [6.45, 7) is 0.743. The highest BCUT2D eigenvalue weighted by Crippen LogP contribution is 2.54. The van der Waals surface area contributed by atoms with Gasteiger partial charge in [-0.3, -0.25) is 9.13 Å². The van der Waals surface area contributed by atoms with Gasteiger partial charge in [-0.25, -0.2) is 9.78 Å². The number of nitrogens with zero attached hydrogens (tertiary/aromatic N) is 4. The molecule has 0 bridgehead atoms. The van der Waals surface area contributed by atoms with Gasteiger partial charge in [0.05, 0.1) is 24.6 Å². The van der Waals surface area contributed by atoms with Crippen LogP contribution in [0.3, 0.4) is 0 Å². The van der Waals surface area contributed by atoms with E-state index >= 15 is 0 Å². The molecule has 0 spiro atoms. The number of aryl methyl sites for hydroxylation is 1. The van der Waals surface area contributed by atoms with Crippen molar-refractivity contribution < 1.29 is 6.16 Å². The SMILES string of the molecule is COC1=CC2(n3c(=O)n(C)c4cnc(NCCc5cccs5)nc43)CC2C=CC1.[HH]. The second-order valence-electron chi connectivity index (χ2n) is 7.58. The van der Waals surface area contributed by atoms with Crippen LogP contribution >= 0.6 is 11.3 Å². The highest BCUT2D eigenvalue weighted by molar-refractivity contribution is 7.09. The maximum Gasteiger partial charge on any atom is 0.330 e. The molecule has 8 heteroatoms. The van der Waals surface area contributed by atoms with Gasteiger partial charge in [0, 0.05) is 32.2 Å². The van der Waals surface area contributed by atoms with Crippen LogP contribution in [0.15, 0.2) is 52.5 Å². The van der Waals surface area contributed by atoms with E-state index in [9.17, 15) is 4.79 Å². The molecule has 5 rings (SSSR count). The average molecular weight is 412 g/mol. The highest BCUT2D eigenvalue weighted by Gasteiger charge is 2.56. The number of hydrogen-bond donors (Lipinski definition) is 1. The summed E-state index contributed by atoms with van der Waals surface area (Å²) in [6, 6.07) is 4.18. The van der Waals surface area contributed by atoms with Crippen LogP contribution in [-0.4, -0.2) is 32.8 Å². The standard InChI is InChI=1S/C21H23N5O2S.H2/c1-25-17-13-23-19(22-9-8-16-7-4-10-29-16)24-18(17)26(20(25)27)21-11-14(21)5-3-6-15(12-21)28-2;/h3-5,7,10,12-14H,6,8-9,11H2,1-2H3,(H,22,23,24);1H. The van der Waals surface area contributed by atoms with Crippen molar-refractivity contribution in [3.8, 4) is 0 Å². The van der Waals surface area contributed by atoms with Gasteiger partial charge >= 0.3 is 5.69 Å². The Morgan fingerprint density at radius 2 is 2.38 bits per heavy atom. The van der Waals surface area contributed by atoms with Gasteiger partial charge in [0.2, 0.25) is 5.95 Å². The smallest absolute Gasteiger partial charge is 0.330 e. The molecule has 2 aliphatic carbocycles. The second kappa shape index (κ2) is 6.88. The number of rotatable bonds is 6. The van der Waals surface area contributed by atoms with Crippen LogP contribution in [0, 0.1) is 5.92 Å². The third kappa shape index (κ3) is 2.98. The maximum atomic E-state index is 13.2. The molecular formula is C21H25N5O2S. The monoisotopic (exact) mass is 411 g/mol. The number of aromatic nitrogens is 4. The van der Waals surface area contributed by atoms with E-state index in [-0.39, 0.29) is 13.0 Å². The number of thiophene rings is 1. The lowest BCUT2D eigenvalue weighted by Gasteiger charge is -2.15. The fourth-order valence-corrected chi connectivity index (χ4v) is 4.88. The van der Waals surface area contributed by atoms with Crippen LogP contribution in [0.5, 0.6) is 0 Å². The summed E-state index contributed by atoms with van der Waals surface area (Å²) >= 11 is 1.74. The molecule has 1 saturated carbocycles. The van der Waals surface area contributed by atoms with Crippen molar-refractivity contribution >= 4 is 28.4 Å². The number of allylic oxidation sites excluding steroid dienone is 3. The van der Waals surface area contributed by atoms with E-state index in [2.05, 4.69) is 46.0 Å². The Kier molecular flexibility index (Phi) is 4.31. The topological polar surface area (TPSA) is 74.0 Å². The summed E-state index contributed by atoms with van der Waals surface area (Å²) in [4.78, 5) is 23.6. The zero-order chi connectivity index (χ0) is 20.0. The lowest BCUT2D eigenvalue weighted by molar-refractivity contribution is 0.279. The molecule has 1 fully saturated rings. The van der Waals surface area contributed by atoms with Crippen LogP contribution in [-0.2, 0) is 23.7 Å². The average Bonchev–Trinajstić information content (AvgIpc) is 3.06. The fourth-order valence-electron chi connectivity index (χ4n) is 4.17. The molecule has 152 valence electrons. The Hall–Kier alpha value is -2.87. The molecule has 0 radical (unpaired) electrons. The first-order chi connectivity index (χ1) is 14.1. The molecule has 29 heavy (non-hydrogen) atoms. The Labute approximate surface area is 173 Å². The first-order valence-electron chi connectivity index (χ1n) is 9.76. The van der Waals surface area contributed by atoms with Crippen molar-refractivity contribution in [2.45, 2.75) is 24.8 Å². The highest BCUT2D eigenvalue weighted by atomic mass is 32.1. The third-order valence-corrected chi connectivity index (χ3v) is 6.78. The molecule has 7 nitrogen and oxygen atoms in total. The quantitative estimate of drug-likeness (QED) is 0.630. The summed E-state index contributed by atoms with van der Waals surface area (Å²) in [5.41, 5.74) is 0.918. The second-order valence-corrected chi connectivity index (χ2v) is 8.62. The van der Waals surface area contributed by atoms with E-state index in [1.807, 2.05) is 4.57 Å². The van der Waals surface area contributed by atoms with Gasteiger partial charge in [0.1, 0.15) is 5.52 Å². The first-order valence-corrected chi connectivity index (χ1v) is 10.6. The fraction of sp³-hybridized carbons (Fsp3) is 0.381. The first kappa shape index (κ1) is 18.2. The van der Waals surface area contributed by atoms with Crippen molar-refractivity contribution in [2.24, 2.45) is 13.0 Å². The summed E-state index contributed by atoms with van der Waals surface area (Å²) in [5.74, 6) is 1.71. The molecule has 3 aromatic heterocycles. The summed E-state index contributed by atoms with van der Waals surface area (Å²) in [5, 5.41) is 5.38. The van der Waals surface area contributed by atoms with Crippen LogP contribution in [0.4, 0.5) is 5.95 Å². The molecule has 0 amide bonds. The molecule has 3 heterocycles. The lowest BCUT2D eigenvalue weighted by atomic mass is 10.2. The number of imidazole rings is 1. The summed E-state index contributed by atoms with van der Waals surface area (Å²) < 4.78 is 8.99. The molecule has 2 aliphatic rings. The molecule has 1 N–H and O–H groups in total. The van der Waals surface area contributed by atoms with Gasteiger partial charge in [-0.05, 0) is 30.4 Å².